The molecule has 4 heteroatoms. The summed E-state index contributed by atoms with van der Waals surface area (Å²) in [6.45, 7) is 8.42. The van der Waals surface area contributed by atoms with Gasteiger partial charge in [0.15, 0.2) is 11.5 Å². The van der Waals surface area contributed by atoms with Crippen molar-refractivity contribution in [2.45, 2.75) is 13.0 Å². The Morgan fingerprint density at radius 2 is 2.05 bits per heavy atom. The highest BCUT2D eigenvalue weighted by Crippen LogP contribution is 2.30. The number of rotatable bonds is 6. The number of hydrogen-bond donors (Lipinski definition) is 1. The van der Waals surface area contributed by atoms with E-state index in [0.717, 1.165) is 50.8 Å². The summed E-state index contributed by atoms with van der Waals surface area (Å²) >= 11 is 0. The molecule has 0 spiro atoms. The van der Waals surface area contributed by atoms with Gasteiger partial charge in [-0.3, -0.25) is 4.90 Å². The Balaban J connectivity index is 2.07. The second-order valence-corrected chi connectivity index (χ2v) is 4.64. The summed E-state index contributed by atoms with van der Waals surface area (Å²) in [4.78, 5) is 2.26. The molecule has 0 bridgehead atoms. The smallest absolute Gasteiger partial charge is 0.161 e. The van der Waals surface area contributed by atoms with Gasteiger partial charge >= 0.3 is 0 Å². The molecule has 1 heterocycles. The van der Waals surface area contributed by atoms with E-state index in [2.05, 4.69) is 23.6 Å². The summed E-state index contributed by atoms with van der Waals surface area (Å²) in [6.07, 6.45) is 2.83. The molecule has 0 fully saturated rings. The minimum Gasteiger partial charge on any atom is -0.490 e. The van der Waals surface area contributed by atoms with Crippen molar-refractivity contribution in [2.24, 2.45) is 5.73 Å². The van der Waals surface area contributed by atoms with E-state index in [4.69, 9.17) is 15.2 Å². The van der Waals surface area contributed by atoms with E-state index in [1.807, 2.05) is 12.1 Å². The molecule has 0 aromatic heterocycles. The van der Waals surface area contributed by atoms with Gasteiger partial charge in [0.2, 0.25) is 0 Å². The second-order valence-electron chi connectivity index (χ2n) is 4.64. The van der Waals surface area contributed by atoms with Crippen LogP contribution < -0.4 is 15.2 Å². The van der Waals surface area contributed by atoms with E-state index < -0.39 is 0 Å². The van der Waals surface area contributed by atoms with Gasteiger partial charge in [-0.25, -0.2) is 0 Å². The van der Waals surface area contributed by atoms with Crippen molar-refractivity contribution in [3.63, 3.8) is 0 Å². The van der Waals surface area contributed by atoms with Crippen molar-refractivity contribution in [1.29, 1.82) is 0 Å². The van der Waals surface area contributed by atoms with Gasteiger partial charge < -0.3 is 15.2 Å². The second kappa shape index (κ2) is 7.16. The van der Waals surface area contributed by atoms with Gasteiger partial charge in [0.25, 0.3) is 0 Å². The minimum absolute atomic E-state index is 0.651. The summed E-state index contributed by atoms with van der Waals surface area (Å²) in [7, 11) is 0. The Kier molecular flexibility index (Phi) is 5.24. The van der Waals surface area contributed by atoms with Crippen LogP contribution in [0.25, 0.3) is 0 Å². The monoisotopic (exact) mass is 262 g/mol. The zero-order valence-electron chi connectivity index (χ0n) is 11.3. The first-order valence-corrected chi connectivity index (χ1v) is 6.75. The highest BCUT2D eigenvalue weighted by atomic mass is 16.5. The van der Waals surface area contributed by atoms with Gasteiger partial charge in [0.05, 0.1) is 13.2 Å². The van der Waals surface area contributed by atoms with Crippen molar-refractivity contribution in [1.82, 2.24) is 4.90 Å². The van der Waals surface area contributed by atoms with Gasteiger partial charge in [-0.15, -0.1) is 6.58 Å². The lowest BCUT2D eigenvalue weighted by molar-refractivity contribution is 0.295. The van der Waals surface area contributed by atoms with E-state index in [1.165, 1.54) is 5.56 Å². The number of hydrogen-bond acceptors (Lipinski definition) is 4. The van der Waals surface area contributed by atoms with Gasteiger partial charge in [0.1, 0.15) is 0 Å². The van der Waals surface area contributed by atoms with Crippen LogP contribution >= 0.6 is 0 Å². The lowest BCUT2D eigenvalue weighted by Gasteiger charge is -2.20. The summed E-state index contributed by atoms with van der Waals surface area (Å²) in [6, 6.07) is 6.14. The van der Waals surface area contributed by atoms with Crippen LogP contribution in [0.2, 0.25) is 0 Å². The zero-order chi connectivity index (χ0) is 13.5. The molecule has 1 aromatic rings. The number of fused-ring (bicyclic) bond motifs is 1. The maximum atomic E-state index is 5.70. The van der Waals surface area contributed by atoms with Crippen LogP contribution in [-0.4, -0.2) is 37.7 Å². The standard InChI is InChI=1S/C15H22N2O2/c1-2-7-17(8-6-16)12-13-4-5-14-15(11-13)19-10-3-9-18-14/h2,4-5,11H,1,3,6-10,12,16H2. The Hall–Kier alpha value is -1.52. The highest BCUT2D eigenvalue weighted by Gasteiger charge is 2.11. The molecular weight excluding hydrogens is 240 g/mol. The summed E-state index contributed by atoms with van der Waals surface area (Å²) in [5, 5.41) is 0. The third kappa shape index (κ3) is 3.98. The van der Waals surface area contributed by atoms with Crippen molar-refractivity contribution < 1.29 is 9.47 Å². The highest BCUT2D eigenvalue weighted by molar-refractivity contribution is 5.43. The molecule has 0 unspecified atom stereocenters. The van der Waals surface area contributed by atoms with E-state index in [-0.39, 0.29) is 0 Å². The molecule has 0 aliphatic carbocycles. The fourth-order valence-corrected chi connectivity index (χ4v) is 2.16. The van der Waals surface area contributed by atoms with E-state index in [1.54, 1.807) is 0 Å². The van der Waals surface area contributed by atoms with Crippen molar-refractivity contribution in [3.8, 4) is 11.5 Å². The number of ether oxygens (including phenoxy) is 2. The Labute approximate surface area is 114 Å². The Morgan fingerprint density at radius 1 is 1.26 bits per heavy atom. The molecule has 104 valence electrons. The Morgan fingerprint density at radius 3 is 2.79 bits per heavy atom. The predicted octanol–water partition coefficient (Wildman–Crippen LogP) is 1.79. The quantitative estimate of drug-likeness (QED) is 0.794. The lowest BCUT2D eigenvalue weighted by Crippen LogP contribution is -2.29. The van der Waals surface area contributed by atoms with Crippen LogP contribution in [0.1, 0.15) is 12.0 Å². The SMILES string of the molecule is C=CCN(CCN)Cc1ccc2c(c1)OCCCO2. The molecule has 1 aliphatic heterocycles. The predicted molar refractivity (Wildman–Crippen MR) is 76.6 cm³/mol. The molecule has 0 saturated heterocycles. The molecule has 19 heavy (non-hydrogen) atoms. The zero-order valence-corrected chi connectivity index (χ0v) is 11.3. The third-order valence-corrected chi connectivity index (χ3v) is 3.05. The van der Waals surface area contributed by atoms with Gasteiger partial charge in [-0.05, 0) is 17.7 Å². The molecular formula is C15H22N2O2. The summed E-state index contributed by atoms with van der Waals surface area (Å²) in [5.41, 5.74) is 6.83. The van der Waals surface area contributed by atoms with Crippen molar-refractivity contribution >= 4 is 0 Å². The fourth-order valence-electron chi connectivity index (χ4n) is 2.16. The van der Waals surface area contributed by atoms with Crippen LogP contribution in [0.15, 0.2) is 30.9 Å². The number of nitrogens with two attached hydrogens (primary N) is 1. The Bertz CT molecular complexity index is 421. The molecule has 0 amide bonds. The van der Waals surface area contributed by atoms with E-state index >= 15 is 0 Å². The van der Waals surface area contributed by atoms with Crippen LogP contribution in [0.4, 0.5) is 0 Å². The summed E-state index contributed by atoms with van der Waals surface area (Å²) < 4.78 is 11.3. The fraction of sp³-hybridized carbons (Fsp3) is 0.467. The van der Waals surface area contributed by atoms with Crippen molar-refractivity contribution in [3.05, 3.63) is 36.4 Å². The number of benzene rings is 1. The molecule has 0 atom stereocenters. The van der Waals surface area contributed by atoms with Crippen LogP contribution in [-0.2, 0) is 6.54 Å². The van der Waals surface area contributed by atoms with Crippen LogP contribution in [0, 0.1) is 0 Å². The first-order valence-electron chi connectivity index (χ1n) is 6.75. The average molecular weight is 262 g/mol. The largest absolute Gasteiger partial charge is 0.490 e. The average Bonchev–Trinajstić information content (AvgIpc) is 2.64. The first-order chi connectivity index (χ1) is 9.33. The van der Waals surface area contributed by atoms with E-state index in [0.29, 0.717) is 6.54 Å². The van der Waals surface area contributed by atoms with Crippen LogP contribution in [0.5, 0.6) is 11.5 Å². The topological polar surface area (TPSA) is 47.7 Å². The molecule has 2 N–H and O–H groups in total. The maximum absolute atomic E-state index is 5.70. The van der Waals surface area contributed by atoms with Gasteiger partial charge in [-0.2, -0.15) is 0 Å². The molecule has 1 aromatic carbocycles. The third-order valence-electron chi connectivity index (χ3n) is 3.05. The summed E-state index contributed by atoms with van der Waals surface area (Å²) in [5.74, 6) is 1.69. The molecule has 0 radical (unpaired) electrons. The van der Waals surface area contributed by atoms with Crippen LogP contribution in [0.3, 0.4) is 0 Å². The van der Waals surface area contributed by atoms with Crippen molar-refractivity contribution in [2.75, 3.05) is 32.8 Å². The lowest BCUT2D eigenvalue weighted by atomic mass is 10.2. The van der Waals surface area contributed by atoms with E-state index in [9.17, 15) is 0 Å². The molecule has 4 nitrogen and oxygen atoms in total. The molecule has 0 saturated carbocycles. The molecule has 1 aliphatic rings. The first kappa shape index (κ1) is 13.9. The van der Waals surface area contributed by atoms with Gasteiger partial charge in [0, 0.05) is 32.6 Å². The normalized spacial score (nSPS) is 14.2. The minimum atomic E-state index is 0.651. The maximum Gasteiger partial charge on any atom is 0.161 e. The number of nitrogens with zero attached hydrogens (tertiary/aromatic N) is 1. The van der Waals surface area contributed by atoms with Gasteiger partial charge in [-0.1, -0.05) is 12.1 Å². The molecule has 2 rings (SSSR count).